The molecule has 0 amide bonds. The molecule has 2 aromatic rings. The normalized spacial score (nSPS) is 10.3. The third-order valence-electron chi connectivity index (χ3n) is 2.51. The van der Waals surface area contributed by atoms with Crippen LogP contribution in [0.4, 0.5) is 15.9 Å². The van der Waals surface area contributed by atoms with Gasteiger partial charge in [0, 0.05) is 5.69 Å². The van der Waals surface area contributed by atoms with Gasteiger partial charge in [-0.05, 0) is 37.3 Å². The van der Waals surface area contributed by atoms with Crippen molar-refractivity contribution in [1.82, 2.24) is 4.98 Å². The highest BCUT2D eigenvalue weighted by Gasteiger charge is 2.09. The molecule has 0 unspecified atom stereocenters. The van der Waals surface area contributed by atoms with Crippen molar-refractivity contribution in [2.24, 2.45) is 0 Å². The van der Waals surface area contributed by atoms with Crippen LogP contribution in [0.2, 0.25) is 5.02 Å². The fourth-order valence-electron chi connectivity index (χ4n) is 1.58. The number of carboxylic acids is 1. The number of anilines is 2. The summed E-state index contributed by atoms with van der Waals surface area (Å²) in [6.45, 7) is 1.60. The first-order valence-electron chi connectivity index (χ1n) is 5.40. The molecule has 19 heavy (non-hydrogen) atoms. The lowest BCUT2D eigenvalue weighted by Crippen LogP contribution is -2.03. The van der Waals surface area contributed by atoms with Crippen molar-refractivity contribution in [3.8, 4) is 0 Å². The molecule has 0 bridgehead atoms. The minimum Gasteiger partial charge on any atom is -0.478 e. The molecule has 0 atom stereocenters. The maximum Gasteiger partial charge on any atom is 0.337 e. The molecule has 1 aromatic carbocycles. The first-order chi connectivity index (χ1) is 8.97. The van der Waals surface area contributed by atoms with E-state index in [9.17, 15) is 9.18 Å². The Morgan fingerprint density at radius 3 is 2.68 bits per heavy atom. The van der Waals surface area contributed by atoms with E-state index < -0.39 is 11.8 Å². The van der Waals surface area contributed by atoms with Gasteiger partial charge in [-0.1, -0.05) is 11.6 Å². The number of benzene rings is 1. The number of pyridine rings is 1. The average Bonchev–Trinajstić information content (AvgIpc) is 2.33. The lowest BCUT2D eigenvalue weighted by molar-refractivity contribution is 0.0695. The summed E-state index contributed by atoms with van der Waals surface area (Å²) >= 11 is 5.66. The van der Waals surface area contributed by atoms with Gasteiger partial charge in [0.2, 0.25) is 0 Å². The summed E-state index contributed by atoms with van der Waals surface area (Å²) in [6, 6.07) is 7.18. The highest BCUT2D eigenvalue weighted by atomic mass is 35.5. The maximum absolute atomic E-state index is 13.0. The van der Waals surface area contributed by atoms with Gasteiger partial charge >= 0.3 is 5.97 Å². The van der Waals surface area contributed by atoms with E-state index in [-0.39, 0.29) is 10.6 Å². The minimum absolute atomic E-state index is 0.00359. The molecule has 4 nitrogen and oxygen atoms in total. The molecule has 0 aliphatic rings. The molecule has 0 saturated carbocycles. The minimum atomic E-state index is -1.03. The molecule has 6 heteroatoms. The number of aromatic carboxylic acids is 1. The molecule has 2 N–H and O–H groups in total. The average molecular weight is 281 g/mol. The first kappa shape index (κ1) is 13.3. The number of rotatable bonds is 3. The van der Waals surface area contributed by atoms with Crippen LogP contribution in [0, 0.1) is 12.7 Å². The van der Waals surface area contributed by atoms with Crippen molar-refractivity contribution in [3.63, 3.8) is 0 Å². The van der Waals surface area contributed by atoms with E-state index in [4.69, 9.17) is 16.7 Å². The molecule has 0 fully saturated rings. The largest absolute Gasteiger partial charge is 0.478 e. The molecule has 0 aliphatic carbocycles. The van der Waals surface area contributed by atoms with Gasteiger partial charge < -0.3 is 10.4 Å². The Labute approximate surface area is 113 Å². The van der Waals surface area contributed by atoms with Gasteiger partial charge in [0.05, 0.1) is 16.3 Å². The second-order valence-electron chi connectivity index (χ2n) is 3.89. The highest BCUT2D eigenvalue weighted by molar-refractivity contribution is 6.31. The van der Waals surface area contributed by atoms with Crippen LogP contribution < -0.4 is 5.32 Å². The topological polar surface area (TPSA) is 62.2 Å². The molecular formula is C13H10ClFN2O2. The van der Waals surface area contributed by atoms with E-state index >= 15 is 0 Å². The van der Waals surface area contributed by atoms with Crippen molar-refractivity contribution in [3.05, 3.63) is 52.4 Å². The highest BCUT2D eigenvalue weighted by Crippen LogP contribution is 2.22. The fourth-order valence-corrected chi connectivity index (χ4v) is 1.76. The maximum atomic E-state index is 13.0. The van der Waals surface area contributed by atoms with Crippen molar-refractivity contribution >= 4 is 29.1 Å². The summed E-state index contributed by atoms with van der Waals surface area (Å²) in [5, 5.41) is 11.8. The van der Waals surface area contributed by atoms with E-state index in [1.807, 2.05) is 0 Å². The predicted octanol–water partition coefficient (Wildman–Crippen LogP) is 3.62. The number of carboxylic acid groups (broad SMARTS) is 1. The van der Waals surface area contributed by atoms with Gasteiger partial charge in [-0.25, -0.2) is 14.2 Å². The molecule has 0 spiro atoms. The van der Waals surface area contributed by atoms with E-state index in [1.165, 1.54) is 30.3 Å². The van der Waals surface area contributed by atoms with E-state index in [0.717, 1.165) is 0 Å². The van der Waals surface area contributed by atoms with Crippen LogP contribution in [0.15, 0.2) is 30.3 Å². The Morgan fingerprint density at radius 1 is 1.37 bits per heavy atom. The zero-order valence-electron chi connectivity index (χ0n) is 9.95. The standard InChI is InChI=1S/C13H10ClFN2O2/c1-7-9(13(18)19)3-5-12(16-7)17-8-2-4-11(15)10(14)6-8/h2-6H,1H3,(H,16,17)(H,18,19). The summed E-state index contributed by atoms with van der Waals surface area (Å²) in [6.07, 6.45) is 0. The van der Waals surface area contributed by atoms with Gasteiger partial charge in [0.1, 0.15) is 11.6 Å². The van der Waals surface area contributed by atoms with E-state index in [0.29, 0.717) is 17.2 Å². The number of nitrogens with zero attached hydrogens (tertiary/aromatic N) is 1. The van der Waals surface area contributed by atoms with Crippen LogP contribution in [0.25, 0.3) is 0 Å². The SMILES string of the molecule is Cc1nc(Nc2ccc(F)c(Cl)c2)ccc1C(=O)O. The molecule has 1 aromatic heterocycles. The zero-order valence-corrected chi connectivity index (χ0v) is 10.7. The van der Waals surface area contributed by atoms with E-state index in [1.54, 1.807) is 6.92 Å². The molecule has 0 aliphatic heterocycles. The first-order valence-corrected chi connectivity index (χ1v) is 5.78. The molecule has 98 valence electrons. The summed E-state index contributed by atoms with van der Waals surface area (Å²) in [4.78, 5) is 15.0. The second-order valence-corrected chi connectivity index (χ2v) is 4.30. The van der Waals surface area contributed by atoms with Crippen LogP contribution in [0.1, 0.15) is 16.1 Å². The molecule has 1 heterocycles. The van der Waals surface area contributed by atoms with E-state index in [2.05, 4.69) is 10.3 Å². The van der Waals surface area contributed by atoms with Gasteiger partial charge in [-0.15, -0.1) is 0 Å². The number of halogens is 2. The predicted molar refractivity (Wildman–Crippen MR) is 70.6 cm³/mol. The fraction of sp³-hybridized carbons (Fsp3) is 0.0769. The summed E-state index contributed by atoms with van der Waals surface area (Å²) in [7, 11) is 0. The number of hydrogen-bond donors (Lipinski definition) is 2. The Kier molecular flexibility index (Phi) is 3.66. The number of aromatic nitrogens is 1. The smallest absolute Gasteiger partial charge is 0.337 e. The molecule has 0 saturated heterocycles. The van der Waals surface area contributed by atoms with Crippen LogP contribution >= 0.6 is 11.6 Å². The number of nitrogens with one attached hydrogen (secondary N) is 1. The number of aryl methyl sites for hydroxylation is 1. The van der Waals surface area contributed by atoms with Gasteiger partial charge in [-0.3, -0.25) is 0 Å². The summed E-state index contributed by atoms with van der Waals surface area (Å²) in [5.74, 6) is -1.07. The molecule has 0 radical (unpaired) electrons. The zero-order chi connectivity index (χ0) is 14.0. The Bertz CT molecular complexity index is 647. The Hall–Kier alpha value is -2.14. The van der Waals surface area contributed by atoms with Crippen molar-refractivity contribution < 1.29 is 14.3 Å². The van der Waals surface area contributed by atoms with Crippen molar-refractivity contribution in [1.29, 1.82) is 0 Å². The van der Waals surface area contributed by atoms with Crippen LogP contribution in [0.5, 0.6) is 0 Å². The lowest BCUT2D eigenvalue weighted by Gasteiger charge is -2.08. The van der Waals surface area contributed by atoms with Gasteiger partial charge in [0.25, 0.3) is 0 Å². The monoisotopic (exact) mass is 280 g/mol. The van der Waals surface area contributed by atoms with Gasteiger partial charge in [0.15, 0.2) is 0 Å². The quantitative estimate of drug-likeness (QED) is 0.901. The van der Waals surface area contributed by atoms with Crippen molar-refractivity contribution in [2.75, 3.05) is 5.32 Å². The second kappa shape index (κ2) is 5.24. The lowest BCUT2D eigenvalue weighted by atomic mass is 10.2. The number of carbonyl (C=O) groups is 1. The van der Waals surface area contributed by atoms with Crippen molar-refractivity contribution in [2.45, 2.75) is 6.92 Å². The van der Waals surface area contributed by atoms with Crippen LogP contribution in [-0.2, 0) is 0 Å². The molecular weight excluding hydrogens is 271 g/mol. The summed E-state index contributed by atoms with van der Waals surface area (Å²) < 4.78 is 13.0. The van der Waals surface area contributed by atoms with Crippen LogP contribution in [-0.4, -0.2) is 16.1 Å². The van der Waals surface area contributed by atoms with Crippen LogP contribution in [0.3, 0.4) is 0 Å². The Balaban J connectivity index is 2.26. The summed E-state index contributed by atoms with van der Waals surface area (Å²) in [5.41, 5.74) is 1.11. The third-order valence-corrected chi connectivity index (χ3v) is 2.80. The number of hydrogen-bond acceptors (Lipinski definition) is 3. The third kappa shape index (κ3) is 3.00. The molecule has 2 rings (SSSR count). The van der Waals surface area contributed by atoms with Gasteiger partial charge in [-0.2, -0.15) is 0 Å². The Morgan fingerprint density at radius 2 is 2.11 bits per heavy atom.